The fourth-order valence-electron chi connectivity index (χ4n) is 3.63. The molecular weight excluding hydrogens is 420 g/mol. The molecule has 0 saturated carbocycles. The third-order valence-corrected chi connectivity index (χ3v) is 5.10. The van der Waals surface area contributed by atoms with E-state index in [0.717, 1.165) is 11.3 Å². The minimum absolute atomic E-state index is 0.244. The highest BCUT2D eigenvalue weighted by molar-refractivity contribution is 6.06. The highest BCUT2D eigenvalue weighted by Gasteiger charge is 2.23. The minimum atomic E-state index is -0.447. The van der Waals surface area contributed by atoms with Crippen LogP contribution in [0.2, 0.25) is 0 Å². The van der Waals surface area contributed by atoms with Crippen LogP contribution < -0.4 is 10.1 Å². The Hall–Kier alpha value is -4.07. The first-order chi connectivity index (χ1) is 15.8. The van der Waals surface area contributed by atoms with Crippen LogP contribution in [-0.2, 0) is 11.3 Å². The maximum atomic E-state index is 12.9. The maximum Gasteiger partial charge on any atom is 0.340 e. The van der Waals surface area contributed by atoms with Gasteiger partial charge in [0.15, 0.2) is 0 Å². The summed E-state index contributed by atoms with van der Waals surface area (Å²) in [5.74, 6) is -0.195. The zero-order valence-electron chi connectivity index (χ0n) is 19.0. The Morgan fingerprint density at radius 2 is 1.97 bits per heavy atom. The summed E-state index contributed by atoms with van der Waals surface area (Å²) >= 11 is 0. The van der Waals surface area contributed by atoms with Crippen molar-refractivity contribution in [1.29, 1.82) is 0 Å². The predicted octanol–water partition coefficient (Wildman–Crippen LogP) is 4.68. The molecule has 0 aliphatic carbocycles. The Morgan fingerprint density at radius 3 is 2.73 bits per heavy atom. The molecule has 2 N–H and O–H groups in total. The molecule has 0 spiro atoms. The molecule has 170 valence electrons. The van der Waals surface area contributed by atoms with Gasteiger partial charge in [0.25, 0.3) is 5.91 Å². The first-order valence-electron chi connectivity index (χ1n) is 10.7. The average molecular weight is 447 g/mol. The lowest BCUT2D eigenvalue weighted by Gasteiger charge is -2.09. The zero-order valence-corrected chi connectivity index (χ0v) is 19.0. The third kappa shape index (κ3) is 4.90. The van der Waals surface area contributed by atoms with Crippen LogP contribution in [-0.4, -0.2) is 32.3 Å². The van der Waals surface area contributed by atoms with E-state index in [1.165, 1.54) is 0 Å². The van der Waals surface area contributed by atoms with Crippen molar-refractivity contribution in [2.75, 3.05) is 5.32 Å². The number of anilines is 1. The molecule has 0 atom stereocenters. The molecule has 4 aromatic rings. The number of nitrogens with zero attached hydrogens (tertiary/aromatic N) is 2. The molecule has 0 bridgehead atoms. The number of pyridine rings is 1. The number of carbonyl (C=O) groups excluding carboxylic acids is 2. The molecule has 3 heterocycles. The molecule has 0 aliphatic rings. The number of aromatic nitrogens is 3. The van der Waals surface area contributed by atoms with E-state index in [-0.39, 0.29) is 12.0 Å². The Labute approximate surface area is 191 Å². The van der Waals surface area contributed by atoms with Crippen LogP contribution in [0.1, 0.15) is 51.6 Å². The van der Waals surface area contributed by atoms with Crippen molar-refractivity contribution in [3.63, 3.8) is 0 Å². The van der Waals surface area contributed by atoms with Crippen molar-refractivity contribution < 1.29 is 19.1 Å². The van der Waals surface area contributed by atoms with Crippen LogP contribution in [0.25, 0.3) is 5.65 Å². The number of benzene rings is 1. The summed E-state index contributed by atoms with van der Waals surface area (Å²) in [6.45, 7) is 7.34. The Morgan fingerprint density at radius 1 is 1.15 bits per heavy atom. The number of aromatic amines is 1. The second-order valence-electron chi connectivity index (χ2n) is 8.05. The van der Waals surface area contributed by atoms with Gasteiger partial charge in [-0.1, -0.05) is 12.1 Å². The molecule has 0 unspecified atom stereocenters. The van der Waals surface area contributed by atoms with Crippen LogP contribution in [0.3, 0.4) is 0 Å². The number of aryl methyl sites for hydroxylation is 1. The Bertz CT molecular complexity index is 1290. The van der Waals surface area contributed by atoms with Gasteiger partial charge in [-0.15, -0.1) is 0 Å². The van der Waals surface area contributed by atoms with Gasteiger partial charge in [0.1, 0.15) is 23.7 Å². The number of rotatable bonds is 7. The molecule has 1 aromatic carbocycles. The molecule has 8 nitrogen and oxygen atoms in total. The molecule has 1 amide bonds. The second-order valence-corrected chi connectivity index (χ2v) is 8.05. The lowest BCUT2D eigenvalue weighted by Crippen LogP contribution is -2.15. The van der Waals surface area contributed by atoms with Gasteiger partial charge >= 0.3 is 5.97 Å². The number of hydrogen-bond acceptors (Lipinski definition) is 5. The van der Waals surface area contributed by atoms with Crippen LogP contribution in [0, 0.1) is 13.8 Å². The second kappa shape index (κ2) is 9.20. The lowest BCUT2D eigenvalue weighted by atomic mass is 10.1. The number of imidazole rings is 1. The molecule has 3 aromatic heterocycles. The Kier molecular flexibility index (Phi) is 6.17. The van der Waals surface area contributed by atoms with Crippen molar-refractivity contribution in [2.45, 2.75) is 40.4 Å². The van der Waals surface area contributed by atoms with E-state index in [9.17, 15) is 9.59 Å². The van der Waals surface area contributed by atoms with Gasteiger partial charge < -0.3 is 24.2 Å². The van der Waals surface area contributed by atoms with Crippen molar-refractivity contribution in [3.05, 3.63) is 83.1 Å². The third-order valence-electron chi connectivity index (χ3n) is 5.10. The minimum Gasteiger partial charge on any atom is -0.487 e. The standard InChI is InChI=1S/C25H26N4O4/c1-15(2)33-25(31)22-16(3)23(26-17(22)4)24(30)28-18-8-7-9-20(12-18)32-14-19-13-29-11-6-5-10-21(29)27-19/h5-13,15,26H,14H2,1-4H3,(H,28,30). The van der Waals surface area contributed by atoms with E-state index >= 15 is 0 Å². The molecule has 0 fully saturated rings. The summed E-state index contributed by atoms with van der Waals surface area (Å²) in [6, 6.07) is 12.9. The van der Waals surface area contributed by atoms with Crippen LogP contribution >= 0.6 is 0 Å². The fraction of sp³-hybridized carbons (Fsp3) is 0.240. The summed E-state index contributed by atoms with van der Waals surface area (Å²) < 4.78 is 13.1. The summed E-state index contributed by atoms with van der Waals surface area (Å²) in [4.78, 5) is 32.8. The number of H-pyrrole nitrogens is 1. The highest BCUT2D eigenvalue weighted by Crippen LogP contribution is 2.23. The van der Waals surface area contributed by atoms with E-state index in [4.69, 9.17) is 9.47 Å². The largest absolute Gasteiger partial charge is 0.487 e. The molecule has 0 saturated heterocycles. The van der Waals surface area contributed by atoms with Gasteiger partial charge in [-0.05, 0) is 57.5 Å². The quantitative estimate of drug-likeness (QED) is 0.402. The van der Waals surface area contributed by atoms with E-state index < -0.39 is 5.97 Å². The van der Waals surface area contributed by atoms with Gasteiger partial charge in [0, 0.05) is 29.8 Å². The summed E-state index contributed by atoms with van der Waals surface area (Å²) in [6.07, 6.45) is 3.60. The highest BCUT2D eigenvalue weighted by atomic mass is 16.5. The first kappa shape index (κ1) is 22.1. The monoisotopic (exact) mass is 446 g/mol. The predicted molar refractivity (Wildman–Crippen MR) is 125 cm³/mol. The lowest BCUT2D eigenvalue weighted by molar-refractivity contribution is 0.0376. The SMILES string of the molecule is Cc1[nH]c(C(=O)Nc2cccc(OCc3cn4ccccc4n3)c2)c(C)c1C(=O)OC(C)C. The van der Waals surface area contributed by atoms with Gasteiger partial charge in [-0.3, -0.25) is 4.79 Å². The fourth-order valence-corrected chi connectivity index (χ4v) is 3.63. The van der Waals surface area contributed by atoms with E-state index in [1.807, 2.05) is 41.1 Å². The van der Waals surface area contributed by atoms with Crippen LogP contribution in [0.4, 0.5) is 5.69 Å². The smallest absolute Gasteiger partial charge is 0.340 e. The van der Waals surface area contributed by atoms with E-state index in [2.05, 4.69) is 15.3 Å². The summed E-state index contributed by atoms with van der Waals surface area (Å²) in [5.41, 5.74) is 4.07. The zero-order chi connectivity index (χ0) is 23.5. The molecule has 33 heavy (non-hydrogen) atoms. The molecule has 8 heteroatoms. The number of esters is 1. The van der Waals surface area contributed by atoms with E-state index in [0.29, 0.717) is 40.6 Å². The van der Waals surface area contributed by atoms with Gasteiger partial charge in [0.05, 0.1) is 17.4 Å². The van der Waals surface area contributed by atoms with Crippen molar-refractivity contribution >= 4 is 23.2 Å². The number of nitrogens with one attached hydrogen (secondary N) is 2. The number of amides is 1. The van der Waals surface area contributed by atoms with Crippen LogP contribution in [0.5, 0.6) is 5.75 Å². The van der Waals surface area contributed by atoms with Gasteiger partial charge in [0.2, 0.25) is 0 Å². The van der Waals surface area contributed by atoms with Gasteiger partial charge in [-0.2, -0.15) is 0 Å². The van der Waals surface area contributed by atoms with Crippen LogP contribution in [0.15, 0.2) is 54.9 Å². The van der Waals surface area contributed by atoms with Crippen molar-refractivity contribution in [1.82, 2.24) is 14.4 Å². The number of hydrogen-bond donors (Lipinski definition) is 2. The first-order valence-corrected chi connectivity index (χ1v) is 10.7. The molecule has 0 aliphatic heterocycles. The summed E-state index contributed by atoms with van der Waals surface area (Å²) in [5, 5.41) is 2.86. The maximum absolute atomic E-state index is 12.9. The van der Waals surface area contributed by atoms with Crippen molar-refractivity contribution in [2.24, 2.45) is 0 Å². The van der Waals surface area contributed by atoms with E-state index in [1.54, 1.807) is 45.9 Å². The normalized spacial score (nSPS) is 11.1. The topological polar surface area (TPSA) is 97.7 Å². The van der Waals surface area contributed by atoms with Gasteiger partial charge in [-0.25, -0.2) is 9.78 Å². The number of carbonyl (C=O) groups is 2. The average Bonchev–Trinajstić information content (AvgIpc) is 3.32. The summed E-state index contributed by atoms with van der Waals surface area (Å²) in [7, 11) is 0. The molecule has 0 radical (unpaired) electrons. The Balaban J connectivity index is 1.45. The number of fused-ring (bicyclic) bond motifs is 1. The van der Waals surface area contributed by atoms with Crippen molar-refractivity contribution in [3.8, 4) is 5.75 Å². The molecule has 4 rings (SSSR count). The molecular formula is C25H26N4O4. The number of ether oxygens (including phenoxy) is 2.